The maximum atomic E-state index is 4.32. The smallest absolute Gasteiger partial charge is 0.140 e. The van der Waals surface area contributed by atoms with E-state index in [1.807, 2.05) is 6.07 Å². The van der Waals surface area contributed by atoms with Crippen molar-refractivity contribution < 1.29 is 0 Å². The fourth-order valence-electron chi connectivity index (χ4n) is 1.81. The highest BCUT2D eigenvalue weighted by molar-refractivity contribution is 9.11. The first kappa shape index (κ1) is 13.3. The third-order valence-corrected chi connectivity index (χ3v) is 3.78. The molecule has 17 heavy (non-hydrogen) atoms. The van der Waals surface area contributed by atoms with Crippen molar-refractivity contribution in [1.29, 1.82) is 0 Å². The van der Waals surface area contributed by atoms with E-state index in [9.17, 15) is 0 Å². The van der Waals surface area contributed by atoms with Gasteiger partial charge in [-0.25, -0.2) is 4.98 Å². The predicted octanol–water partition coefficient (Wildman–Crippen LogP) is 1.92. The van der Waals surface area contributed by atoms with Gasteiger partial charge in [0.1, 0.15) is 5.82 Å². The Kier molecular flexibility index (Phi) is 5.21. The summed E-state index contributed by atoms with van der Waals surface area (Å²) >= 11 is 6.89. The maximum absolute atomic E-state index is 4.32. The normalized spacial score (nSPS) is 17.1. The molecule has 0 unspecified atom stereocenters. The van der Waals surface area contributed by atoms with Crippen molar-refractivity contribution in [3.05, 3.63) is 21.2 Å². The summed E-state index contributed by atoms with van der Waals surface area (Å²) in [7, 11) is 0. The number of aromatic nitrogens is 1. The number of anilines is 1. The second-order valence-corrected chi connectivity index (χ2v) is 5.77. The Morgan fingerprint density at radius 2 is 2.12 bits per heavy atom. The number of hydrogen-bond acceptors (Lipinski definition) is 4. The molecule has 1 aliphatic heterocycles. The summed E-state index contributed by atoms with van der Waals surface area (Å²) in [6.45, 7) is 6.45. The number of piperazine rings is 1. The van der Waals surface area contributed by atoms with Crippen molar-refractivity contribution >= 4 is 37.7 Å². The Balaban J connectivity index is 1.77. The summed E-state index contributed by atoms with van der Waals surface area (Å²) in [6.07, 6.45) is 1.80. The lowest BCUT2D eigenvalue weighted by atomic mass is 10.3. The second-order valence-electron chi connectivity index (χ2n) is 4.00. The Morgan fingerprint density at radius 1 is 1.35 bits per heavy atom. The number of halogens is 2. The summed E-state index contributed by atoms with van der Waals surface area (Å²) < 4.78 is 1.98. The molecule has 2 heterocycles. The molecule has 0 aromatic carbocycles. The molecule has 0 bridgehead atoms. The fraction of sp³-hybridized carbons (Fsp3) is 0.545. The largest absolute Gasteiger partial charge is 0.368 e. The van der Waals surface area contributed by atoms with Crippen LogP contribution >= 0.6 is 31.9 Å². The molecule has 6 heteroatoms. The van der Waals surface area contributed by atoms with Gasteiger partial charge in [0.05, 0.1) is 4.47 Å². The van der Waals surface area contributed by atoms with Crippen LogP contribution in [-0.2, 0) is 0 Å². The van der Waals surface area contributed by atoms with Crippen LogP contribution in [0.15, 0.2) is 21.2 Å². The monoisotopic (exact) mass is 362 g/mol. The van der Waals surface area contributed by atoms with Crippen LogP contribution in [0.4, 0.5) is 5.82 Å². The lowest BCUT2D eigenvalue weighted by molar-refractivity contribution is 0.249. The fourth-order valence-corrected chi connectivity index (χ4v) is 2.94. The highest BCUT2D eigenvalue weighted by Gasteiger charge is 2.09. The highest BCUT2D eigenvalue weighted by Crippen LogP contribution is 2.23. The van der Waals surface area contributed by atoms with Gasteiger partial charge in [-0.2, -0.15) is 0 Å². The minimum absolute atomic E-state index is 0.906. The van der Waals surface area contributed by atoms with Crippen LogP contribution in [-0.4, -0.2) is 49.2 Å². The van der Waals surface area contributed by atoms with Gasteiger partial charge in [0.15, 0.2) is 0 Å². The Morgan fingerprint density at radius 3 is 2.82 bits per heavy atom. The van der Waals surface area contributed by atoms with Crippen LogP contribution in [0.25, 0.3) is 0 Å². The van der Waals surface area contributed by atoms with E-state index in [0.29, 0.717) is 0 Å². The average Bonchev–Trinajstić information content (AvgIpc) is 2.33. The zero-order valence-corrected chi connectivity index (χ0v) is 12.7. The minimum atomic E-state index is 0.906. The Labute approximate surface area is 118 Å². The summed E-state index contributed by atoms with van der Waals surface area (Å²) in [5.74, 6) is 0.906. The van der Waals surface area contributed by atoms with Gasteiger partial charge in [0.2, 0.25) is 0 Å². The lowest BCUT2D eigenvalue weighted by Crippen LogP contribution is -2.45. The minimum Gasteiger partial charge on any atom is -0.368 e. The van der Waals surface area contributed by atoms with Gasteiger partial charge >= 0.3 is 0 Å². The van der Waals surface area contributed by atoms with Crippen molar-refractivity contribution in [3.8, 4) is 0 Å². The third-order valence-electron chi connectivity index (χ3n) is 2.74. The van der Waals surface area contributed by atoms with E-state index in [2.05, 4.69) is 52.4 Å². The summed E-state index contributed by atoms with van der Waals surface area (Å²) in [6, 6.07) is 2.00. The van der Waals surface area contributed by atoms with Crippen molar-refractivity contribution in [2.45, 2.75) is 0 Å². The average molecular weight is 364 g/mol. The van der Waals surface area contributed by atoms with E-state index in [-0.39, 0.29) is 0 Å². The van der Waals surface area contributed by atoms with Crippen LogP contribution < -0.4 is 10.6 Å². The van der Waals surface area contributed by atoms with E-state index < -0.39 is 0 Å². The molecule has 1 fully saturated rings. The van der Waals surface area contributed by atoms with Gasteiger partial charge in [-0.05, 0) is 37.9 Å². The quantitative estimate of drug-likeness (QED) is 0.857. The van der Waals surface area contributed by atoms with Gasteiger partial charge in [-0.15, -0.1) is 0 Å². The van der Waals surface area contributed by atoms with Gasteiger partial charge < -0.3 is 10.6 Å². The molecule has 0 spiro atoms. The first-order chi connectivity index (χ1) is 8.25. The topological polar surface area (TPSA) is 40.2 Å². The van der Waals surface area contributed by atoms with Gasteiger partial charge in [0, 0.05) is 49.9 Å². The van der Waals surface area contributed by atoms with Gasteiger partial charge in [-0.3, -0.25) is 4.90 Å². The standard InChI is InChI=1S/C11H16Br2N4/c12-9-7-10(13)11(16-8-9)15-3-6-17-4-1-14-2-5-17/h7-8,14H,1-6H2,(H,15,16). The maximum Gasteiger partial charge on any atom is 0.140 e. The molecule has 0 saturated carbocycles. The van der Waals surface area contributed by atoms with Crippen LogP contribution in [0.5, 0.6) is 0 Å². The Bertz CT molecular complexity index is 366. The first-order valence-electron chi connectivity index (χ1n) is 5.74. The van der Waals surface area contributed by atoms with Crippen molar-refractivity contribution in [2.75, 3.05) is 44.6 Å². The molecular weight excluding hydrogens is 348 g/mol. The van der Waals surface area contributed by atoms with Crippen molar-refractivity contribution in [3.63, 3.8) is 0 Å². The van der Waals surface area contributed by atoms with Gasteiger partial charge in [-0.1, -0.05) is 0 Å². The molecule has 1 saturated heterocycles. The van der Waals surface area contributed by atoms with Gasteiger partial charge in [0.25, 0.3) is 0 Å². The van der Waals surface area contributed by atoms with Crippen LogP contribution in [0.1, 0.15) is 0 Å². The molecule has 0 amide bonds. The number of hydrogen-bond donors (Lipinski definition) is 2. The predicted molar refractivity (Wildman–Crippen MR) is 77.4 cm³/mol. The van der Waals surface area contributed by atoms with E-state index in [1.165, 1.54) is 0 Å². The van der Waals surface area contributed by atoms with E-state index in [0.717, 1.165) is 54.0 Å². The van der Waals surface area contributed by atoms with E-state index >= 15 is 0 Å². The molecule has 0 radical (unpaired) electrons. The molecule has 4 nitrogen and oxygen atoms in total. The highest BCUT2D eigenvalue weighted by atomic mass is 79.9. The second kappa shape index (κ2) is 6.68. The van der Waals surface area contributed by atoms with Crippen LogP contribution in [0.2, 0.25) is 0 Å². The Hall–Kier alpha value is -0.170. The van der Waals surface area contributed by atoms with Crippen molar-refractivity contribution in [2.24, 2.45) is 0 Å². The SMILES string of the molecule is Brc1cnc(NCCN2CCNCC2)c(Br)c1. The summed E-state index contributed by atoms with van der Waals surface area (Å²) in [5.41, 5.74) is 0. The number of rotatable bonds is 4. The molecule has 1 aliphatic rings. The third kappa shape index (κ3) is 4.21. The zero-order chi connectivity index (χ0) is 12.1. The molecular formula is C11H16Br2N4. The number of pyridine rings is 1. The summed E-state index contributed by atoms with van der Waals surface area (Å²) in [4.78, 5) is 6.78. The molecule has 2 rings (SSSR count). The van der Waals surface area contributed by atoms with E-state index in [1.54, 1.807) is 6.20 Å². The first-order valence-corrected chi connectivity index (χ1v) is 7.32. The van der Waals surface area contributed by atoms with Crippen molar-refractivity contribution in [1.82, 2.24) is 15.2 Å². The molecule has 2 N–H and O–H groups in total. The van der Waals surface area contributed by atoms with E-state index in [4.69, 9.17) is 0 Å². The number of nitrogens with one attached hydrogen (secondary N) is 2. The number of nitrogens with zero attached hydrogens (tertiary/aromatic N) is 2. The summed E-state index contributed by atoms with van der Waals surface area (Å²) in [5, 5.41) is 6.70. The molecule has 1 aromatic rings. The molecule has 1 aromatic heterocycles. The zero-order valence-electron chi connectivity index (χ0n) is 9.55. The molecule has 0 atom stereocenters. The molecule has 0 aliphatic carbocycles. The van der Waals surface area contributed by atoms with Crippen LogP contribution in [0, 0.1) is 0 Å². The lowest BCUT2D eigenvalue weighted by Gasteiger charge is -2.27. The molecule has 94 valence electrons. The van der Waals surface area contributed by atoms with Crippen LogP contribution in [0.3, 0.4) is 0 Å².